The molecule has 4 aromatic rings. The van der Waals surface area contributed by atoms with Crippen LogP contribution in [0.5, 0.6) is 5.75 Å². The quantitative estimate of drug-likeness (QED) is 0.574. The lowest BCUT2D eigenvalue weighted by Gasteiger charge is -2.05. The summed E-state index contributed by atoms with van der Waals surface area (Å²) in [5, 5.41) is 0. The summed E-state index contributed by atoms with van der Waals surface area (Å²) in [6.45, 7) is 0.209. The van der Waals surface area contributed by atoms with Crippen LogP contribution in [-0.2, 0) is 6.61 Å². The molecule has 6 nitrogen and oxygen atoms in total. The molecule has 0 saturated carbocycles. The van der Waals surface area contributed by atoms with Crippen molar-refractivity contribution < 1.29 is 9.13 Å². The van der Waals surface area contributed by atoms with E-state index in [1.165, 1.54) is 21.1 Å². The van der Waals surface area contributed by atoms with E-state index in [4.69, 9.17) is 10.5 Å². The van der Waals surface area contributed by atoms with Gasteiger partial charge >= 0.3 is 5.69 Å². The Kier molecular flexibility index (Phi) is 3.89. The molecule has 0 aliphatic rings. The van der Waals surface area contributed by atoms with E-state index in [0.717, 1.165) is 0 Å². The highest BCUT2D eigenvalue weighted by Crippen LogP contribution is 2.16. The molecule has 7 heteroatoms. The van der Waals surface area contributed by atoms with Gasteiger partial charge in [0.05, 0.1) is 11.4 Å². The Balaban J connectivity index is 1.64. The molecule has 130 valence electrons. The van der Waals surface area contributed by atoms with E-state index >= 15 is 0 Å². The highest BCUT2D eigenvalue weighted by atomic mass is 19.1. The number of nitrogen functional groups attached to an aromatic ring is 1. The van der Waals surface area contributed by atoms with Crippen LogP contribution in [0.25, 0.3) is 11.3 Å². The third-order valence-corrected chi connectivity index (χ3v) is 3.92. The molecule has 2 N–H and O–H groups in total. The van der Waals surface area contributed by atoms with E-state index in [-0.39, 0.29) is 18.1 Å². The maximum atomic E-state index is 13.1. The Bertz CT molecular complexity index is 1130. The Morgan fingerprint density at radius 3 is 2.69 bits per heavy atom. The molecule has 2 heterocycles. The van der Waals surface area contributed by atoms with Gasteiger partial charge in [0.2, 0.25) is 0 Å². The third kappa shape index (κ3) is 3.02. The van der Waals surface area contributed by atoms with Gasteiger partial charge in [-0.25, -0.2) is 14.2 Å². The topological polar surface area (TPSA) is 74.5 Å². The number of anilines is 1. The first-order valence-corrected chi connectivity index (χ1v) is 7.94. The van der Waals surface area contributed by atoms with Gasteiger partial charge in [0, 0.05) is 24.1 Å². The Hall–Kier alpha value is -3.61. The average Bonchev–Trinajstić information content (AvgIpc) is 3.06. The molecule has 0 bridgehead atoms. The van der Waals surface area contributed by atoms with E-state index in [2.05, 4.69) is 4.98 Å². The molecule has 0 saturated heterocycles. The first-order chi connectivity index (χ1) is 12.6. The first-order valence-electron chi connectivity index (χ1n) is 7.94. The highest BCUT2D eigenvalue weighted by Gasteiger charge is 2.09. The fourth-order valence-corrected chi connectivity index (χ4v) is 2.67. The van der Waals surface area contributed by atoms with E-state index in [9.17, 15) is 9.18 Å². The van der Waals surface area contributed by atoms with Crippen molar-refractivity contribution in [1.29, 1.82) is 0 Å². The van der Waals surface area contributed by atoms with Gasteiger partial charge in [-0.2, -0.15) is 0 Å². The van der Waals surface area contributed by atoms with Crippen molar-refractivity contribution >= 4 is 11.3 Å². The molecule has 4 rings (SSSR count). The molecule has 0 aliphatic heterocycles. The van der Waals surface area contributed by atoms with Crippen molar-refractivity contribution in [3.63, 3.8) is 0 Å². The number of nitrogens with zero attached hydrogens (tertiary/aromatic N) is 3. The van der Waals surface area contributed by atoms with Crippen LogP contribution in [0.3, 0.4) is 0 Å². The molecule has 0 unspecified atom stereocenters. The highest BCUT2D eigenvalue weighted by molar-refractivity contribution is 5.44. The van der Waals surface area contributed by atoms with Crippen LogP contribution in [0.4, 0.5) is 10.1 Å². The maximum absolute atomic E-state index is 13.1. The molecule has 0 aliphatic carbocycles. The number of imidazole rings is 1. The number of halogens is 1. The molecule has 0 spiro atoms. The predicted octanol–water partition coefficient (Wildman–Crippen LogP) is 2.79. The minimum atomic E-state index is -0.355. The van der Waals surface area contributed by atoms with Gasteiger partial charge in [-0.05, 0) is 42.5 Å². The summed E-state index contributed by atoms with van der Waals surface area (Å²) in [5.41, 5.74) is 7.74. The van der Waals surface area contributed by atoms with Gasteiger partial charge in [-0.15, -0.1) is 0 Å². The number of aromatic nitrogens is 3. The van der Waals surface area contributed by atoms with Gasteiger partial charge in [-0.1, -0.05) is 6.07 Å². The van der Waals surface area contributed by atoms with E-state index in [1.807, 2.05) is 0 Å². The number of fused-ring (bicyclic) bond motifs is 1. The molecule has 0 fully saturated rings. The Morgan fingerprint density at radius 1 is 1.12 bits per heavy atom. The smallest absolute Gasteiger partial charge is 0.338 e. The van der Waals surface area contributed by atoms with Gasteiger partial charge in [0.15, 0.2) is 0 Å². The van der Waals surface area contributed by atoms with Crippen LogP contribution in [0.15, 0.2) is 71.8 Å². The summed E-state index contributed by atoms with van der Waals surface area (Å²) in [7, 11) is 0. The monoisotopic (exact) mass is 350 g/mol. The van der Waals surface area contributed by atoms with Crippen LogP contribution < -0.4 is 16.2 Å². The Morgan fingerprint density at radius 2 is 1.92 bits per heavy atom. The lowest BCUT2D eigenvalue weighted by Crippen LogP contribution is -2.24. The average molecular weight is 350 g/mol. The van der Waals surface area contributed by atoms with E-state index in [1.54, 1.807) is 54.9 Å². The van der Waals surface area contributed by atoms with Crippen LogP contribution in [0.1, 0.15) is 5.69 Å². The summed E-state index contributed by atoms with van der Waals surface area (Å²) < 4.78 is 21.6. The maximum Gasteiger partial charge on any atom is 0.338 e. The number of rotatable bonds is 4. The zero-order valence-corrected chi connectivity index (χ0v) is 13.7. The fourth-order valence-electron chi connectivity index (χ4n) is 2.67. The molecule has 2 aromatic heterocycles. The summed E-state index contributed by atoms with van der Waals surface area (Å²) in [5.74, 6) is 0.275. The van der Waals surface area contributed by atoms with Crippen LogP contribution in [0, 0.1) is 5.82 Å². The second kappa shape index (κ2) is 6.36. The van der Waals surface area contributed by atoms with Crippen LogP contribution in [-0.4, -0.2) is 14.0 Å². The van der Waals surface area contributed by atoms with Gasteiger partial charge in [0.1, 0.15) is 23.8 Å². The Labute approximate surface area is 147 Å². The number of nitrogens with two attached hydrogens (primary N) is 1. The fraction of sp³-hybridized carbons (Fsp3) is 0.0526. The standard InChI is InChI=1S/C19H15FN4O2/c20-13-4-6-16(7-5-13)23-9-8-18-22-15(11-24(18)19(23)25)12-26-17-3-1-2-14(21)10-17/h1-11H,12,21H2. The predicted molar refractivity (Wildman–Crippen MR) is 95.9 cm³/mol. The molecule has 2 aromatic carbocycles. The number of hydrogen-bond acceptors (Lipinski definition) is 4. The minimum absolute atomic E-state index is 0.209. The lowest BCUT2D eigenvalue weighted by atomic mass is 10.3. The van der Waals surface area contributed by atoms with Crippen molar-refractivity contribution in [1.82, 2.24) is 14.0 Å². The molecule has 0 amide bonds. The van der Waals surface area contributed by atoms with Gasteiger partial charge < -0.3 is 10.5 Å². The van der Waals surface area contributed by atoms with Gasteiger partial charge in [0.25, 0.3) is 0 Å². The third-order valence-electron chi connectivity index (χ3n) is 3.92. The second-order valence-electron chi connectivity index (χ2n) is 5.77. The number of ether oxygens (including phenoxy) is 1. The summed E-state index contributed by atoms with van der Waals surface area (Å²) in [6.07, 6.45) is 3.24. The summed E-state index contributed by atoms with van der Waals surface area (Å²) in [6, 6.07) is 14.5. The van der Waals surface area contributed by atoms with E-state index in [0.29, 0.717) is 28.5 Å². The molecule has 26 heavy (non-hydrogen) atoms. The summed E-state index contributed by atoms with van der Waals surface area (Å²) >= 11 is 0. The molecular formula is C19H15FN4O2. The molecule has 0 atom stereocenters. The minimum Gasteiger partial charge on any atom is -0.487 e. The van der Waals surface area contributed by atoms with Crippen molar-refractivity contribution in [2.24, 2.45) is 0 Å². The SMILES string of the molecule is Nc1cccc(OCc2cn3c(=O)n(-c4ccc(F)cc4)ccc3n2)c1. The van der Waals surface area contributed by atoms with Crippen LogP contribution >= 0.6 is 0 Å². The molecule has 0 radical (unpaired) electrons. The van der Waals surface area contributed by atoms with Crippen LogP contribution in [0.2, 0.25) is 0 Å². The van der Waals surface area contributed by atoms with Crippen molar-refractivity contribution in [3.8, 4) is 11.4 Å². The zero-order valence-electron chi connectivity index (χ0n) is 13.7. The number of hydrogen-bond donors (Lipinski definition) is 1. The first kappa shape index (κ1) is 15.9. The van der Waals surface area contributed by atoms with Crippen molar-refractivity contribution in [2.45, 2.75) is 6.61 Å². The zero-order chi connectivity index (χ0) is 18.1. The van der Waals surface area contributed by atoms with Gasteiger partial charge in [-0.3, -0.25) is 8.97 Å². The number of benzene rings is 2. The summed E-state index contributed by atoms with van der Waals surface area (Å²) in [4.78, 5) is 17.1. The van der Waals surface area contributed by atoms with Crippen molar-refractivity contribution in [2.75, 3.05) is 5.73 Å². The largest absolute Gasteiger partial charge is 0.487 e. The molecular weight excluding hydrogens is 335 g/mol. The normalized spacial score (nSPS) is 11.0. The lowest BCUT2D eigenvalue weighted by molar-refractivity contribution is 0.302. The van der Waals surface area contributed by atoms with Crippen molar-refractivity contribution in [3.05, 3.63) is 89.0 Å². The van der Waals surface area contributed by atoms with E-state index < -0.39 is 0 Å². The second-order valence-corrected chi connectivity index (χ2v) is 5.77.